The van der Waals surface area contributed by atoms with E-state index in [-0.39, 0.29) is 5.54 Å². The third-order valence-corrected chi connectivity index (χ3v) is 5.66. The molecule has 0 saturated carbocycles. The van der Waals surface area contributed by atoms with Crippen LogP contribution in [-0.2, 0) is 4.74 Å². The lowest BCUT2D eigenvalue weighted by Crippen LogP contribution is -2.64. The summed E-state index contributed by atoms with van der Waals surface area (Å²) in [5, 5.41) is 0.657. The third kappa shape index (κ3) is 2.01. The first kappa shape index (κ1) is 12.7. The summed E-state index contributed by atoms with van der Waals surface area (Å²) in [4.78, 5) is 2.65. The summed E-state index contributed by atoms with van der Waals surface area (Å²) in [5.41, 5.74) is 6.34. The summed E-state index contributed by atoms with van der Waals surface area (Å²) < 4.78 is 5.60. The summed E-state index contributed by atoms with van der Waals surface area (Å²) in [6.07, 6.45) is 2.41. The van der Waals surface area contributed by atoms with Gasteiger partial charge in [0.15, 0.2) is 0 Å². The molecule has 0 radical (unpaired) electrons. The number of rotatable bonds is 3. The van der Waals surface area contributed by atoms with E-state index in [0.29, 0.717) is 11.3 Å². The first-order valence-corrected chi connectivity index (χ1v) is 7.45. The molecule has 3 unspecified atom stereocenters. The summed E-state index contributed by atoms with van der Waals surface area (Å²) in [6, 6.07) is 0.568. The van der Waals surface area contributed by atoms with E-state index in [2.05, 4.69) is 30.5 Å². The summed E-state index contributed by atoms with van der Waals surface area (Å²) in [6.45, 7) is 8.19. The predicted molar refractivity (Wildman–Crippen MR) is 69.9 cm³/mol. The number of nitrogens with two attached hydrogens (primary N) is 1. The fourth-order valence-corrected chi connectivity index (χ4v) is 4.60. The largest absolute Gasteiger partial charge is 0.378 e. The fourth-order valence-electron chi connectivity index (χ4n) is 3.11. The van der Waals surface area contributed by atoms with Crippen molar-refractivity contribution in [2.45, 2.75) is 43.5 Å². The Morgan fingerprint density at radius 2 is 2.38 bits per heavy atom. The minimum Gasteiger partial charge on any atom is -0.378 e. The Bertz CT molecular complexity index is 239. The zero-order chi connectivity index (χ0) is 11.6. The van der Waals surface area contributed by atoms with Crippen LogP contribution in [0.2, 0.25) is 0 Å². The molecule has 3 nitrogen and oxygen atoms in total. The Balaban J connectivity index is 2.18. The SMILES string of the molecule is CCC1COCCN1C1(CN)CCSC1C. The van der Waals surface area contributed by atoms with Crippen molar-refractivity contribution in [1.82, 2.24) is 4.90 Å². The lowest BCUT2D eigenvalue weighted by atomic mass is 9.88. The molecule has 16 heavy (non-hydrogen) atoms. The molecule has 0 aromatic heterocycles. The van der Waals surface area contributed by atoms with E-state index in [4.69, 9.17) is 10.5 Å². The van der Waals surface area contributed by atoms with Crippen LogP contribution in [0.3, 0.4) is 0 Å². The minimum atomic E-state index is 0.231. The van der Waals surface area contributed by atoms with Gasteiger partial charge in [-0.15, -0.1) is 0 Å². The van der Waals surface area contributed by atoms with Gasteiger partial charge in [-0.25, -0.2) is 0 Å². The quantitative estimate of drug-likeness (QED) is 0.812. The first-order valence-electron chi connectivity index (χ1n) is 6.40. The van der Waals surface area contributed by atoms with Crippen LogP contribution in [0.4, 0.5) is 0 Å². The van der Waals surface area contributed by atoms with Gasteiger partial charge in [-0.1, -0.05) is 13.8 Å². The fraction of sp³-hybridized carbons (Fsp3) is 1.00. The molecular weight excluding hydrogens is 220 g/mol. The summed E-state index contributed by atoms with van der Waals surface area (Å²) >= 11 is 2.07. The highest BCUT2D eigenvalue weighted by Crippen LogP contribution is 2.41. The van der Waals surface area contributed by atoms with Crippen LogP contribution >= 0.6 is 11.8 Å². The Kier molecular flexibility index (Phi) is 4.16. The number of morpholine rings is 1. The van der Waals surface area contributed by atoms with E-state index >= 15 is 0 Å². The Morgan fingerprint density at radius 3 is 2.94 bits per heavy atom. The van der Waals surface area contributed by atoms with Gasteiger partial charge in [0.2, 0.25) is 0 Å². The highest BCUT2D eigenvalue weighted by molar-refractivity contribution is 8.00. The van der Waals surface area contributed by atoms with E-state index in [1.807, 2.05) is 0 Å². The standard InChI is InChI=1S/C12H24N2OS/c1-3-11-8-15-6-5-14(11)12(9-13)4-7-16-10(12)2/h10-11H,3-9,13H2,1-2H3. The molecule has 0 amide bonds. The number of hydrogen-bond donors (Lipinski definition) is 1. The highest BCUT2D eigenvalue weighted by atomic mass is 32.2. The average molecular weight is 244 g/mol. The number of thioether (sulfide) groups is 1. The highest BCUT2D eigenvalue weighted by Gasteiger charge is 2.47. The molecular formula is C12H24N2OS. The maximum absolute atomic E-state index is 6.11. The van der Waals surface area contributed by atoms with Gasteiger partial charge >= 0.3 is 0 Å². The average Bonchev–Trinajstić information content (AvgIpc) is 2.71. The second kappa shape index (κ2) is 5.25. The Hall–Kier alpha value is 0.230. The van der Waals surface area contributed by atoms with Gasteiger partial charge < -0.3 is 10.5 Å². The Morgan fingerprint density at radius 1 is 1.56 bits per heavy atom. The lowest BCUT2D eigenvalue weighted by molar-refractivity contribution is -0.0623. The lowest BCUT2D eigenvalue weighted by Gasteiger charge is -2.49. The van der Waals surface area contributed by atoms with Crippen LogP contribution in [0.1, 0.15) is 26.7 Å². The molecule has 2 aliphatic rings. The van der Waals surface area contributed by atoms with E-state index < -0.39 is 0 Å². The van der Waals surface area contributed by atoms with Crippen molar-refractivity contribution in [2.75, 3.05) is 32.1 Å². The number of nitrogens with zero attached hydrogens (tertiary/aromatic N) is 1. The molecule has 3 atom stereocenters. The molecule has 0 bridgehead atoms. The van der Waals surface area contributed by atoms with Gasteiger partial charge in [0.05, 0.1) is 13.2 Å². The van der Waals surface area contributed by atoms with Gasteiger partial charge in [0.25, 0.3) is 0 Å². The van der Waals surface area contributed by atoms with Crippen molar-refractivity contribution in [2.24, 2.45) is 5.73 Å². The van der Waals surface area contributed by atoms with Crippen molar-refractivity contribution in [3.63, 3.8) is 0 Å². The number of hydrogen-bond acceptors (Lipinski definition) is 4. The Labute approximate surface area is 103 Å². The van der Waals surface area contributed by atoms with E-state index in [1.165, 1.54) is 18.6 Å². The normalized spacial score (nSPS) is 41.4. The van der Waals surface area contributed by atoms with Gasteiger partial charge in [0, 0.05) is 29.9 Å². The molecule has 0 spiro atoms. The van der Waals surface area contributed by atoms with Crippen LogP contribution in [-0.4, -0.2) is 53.8 Å². The zero-order valence-electron chi connectivity index (χ0n) is 10.4. The second-order valence-corrected chi connectivity index (χ2v) is 6.35. The molecule has 2 N–H and O–H groups in total. The van der Waals surface area contributed by atoms with Gasteiger partial charge in [-0.2, -0.15) is 11.8 Å². The summed E-state index contributed by atoms with van der Waals surface area (Å²) in [7, 11) is 0. The van der Waals surface area contributed by atoms with E-state index in [1.54, 1.807) is 0 Å². The van der Waals surface area contributed by atoms with Crippen molar-refractivity contribution >= 4 is 11.8 Å². The number of ether oxygens (including phenoxy) is 1. The van der Waals surface area contributed by atoms with Crippen LogP contribution in [0.25, 0.3) is 0 Å². The monoisotopic (exact) mass is 244 g/mol. The van der Waals surface area contributed by atoms with Gasteiger partial charge in [-0.3, -0.25) is 4.90 Å². The van der Waals surface area contributed by atoms with Crippen LogP contribution in [0.5, 0.6) is 0 Å². The van der Waals surface area contributed by atoms with Crippen LogP contribution in [0, 0.1) is 0 Å². The van der Waals surface area contributed by atoms with Gasteiger partial charge in [-0.05, 0) is 18.6 Å². The minimum absolute atomic E-state index is 0.231. The third-order valence-electron chi connectivity index (χ3n) is 4.28. The molecule has 94 valence electrons. The molecule has 2 heterocycles. The molecule has 2 aliphatic heterocycles. The second-order valence-electron chi connectivity index (χ2n) is 4.90. The molecule has 0 aromatic carbocycles. The molecule has 0 aliphatic carbocycles. The molecule has 0 aromatic rings. The zero-order valence-corrected chi connectivity index (χ0v) is 11.3. The van der Waals surface area contributed by atoms with Crippen molar-refractivity contribution in [3.8, 4) is 0 Å². The molecule has 2 rings (SSSR count). The van der Waals surface area contributed by atoms with Crippen molar-refractivity contribution in [3.05, 3.63) is 0 Å². The van der Waals surface area contributed by atoms with E-state index in [9.17, 15) is 0 Å². The summed E-state index contributed by atoms with van der Waals surface area (Å²) in [5.74, 6) is 1.26. The first-order chi connectivity index (χ1) is 7.74. The molecule has 4 heteroatoms. The predicted octanol–water partition coefficient (Wildman–Crippen LogP) is 1.32. The smallest absolute Gasteiger partial charge is 0.0622 e. The molecule has 2 fully saturated rings. The topological polar surface area (TPSA) is 38.5 Å². The van der Waals surface area contributed by atoms with Gasteiger partial charge in [0.1, 0.15) is 0 Å². The van der Waals surface area contributed by atoms with E-state index in [0.717, 1.165) is 26.3 Å². The van der Waals surface area contributed by atoms with Crippen molar-refractivity contribution < 1.29 is 4.74 Å². The van der Waals surface area contributed by atoms with Crippen LogP contribution < -0.4 is 5.73 Å². The van der Waals surface area contributed by atoms with Crippen LogP contribution in [0.15, 0.2) is 0 Å². The van der Waals surface area contributed by atoms with Crippen molar-refractivity contribution in [1.29, 1.82) is 0 Å². The maximum atomic E-state index is 6.11. The maximum Gasteiger partial charge on any atom is 0.0622 e. The molecule has 2 saturated heterocycles.